The van der Waals surface area contributed by atoms with Crippen molar-refractivity contribution in [3.05, 3.63) is 33.4 Å². The molecule has 0 aliphatic rings. The van der Waals surface area contributed by atoms with Crippen molar-refractivity contribution in [3.8, 4) is 0 Å². The van der Waals surface area contributed by atoms with Crippen molar-refractivity contribution in [2.24, 2.45) is 0 Å². The van der Waals surface area contributed by atoms with Crippen LogP contribution in [-0.2, 0) is 16.0 Å². The second-order valence-corrected chi connectivity index (χ2v) is 4.36. The topological polar surface area (TPSA) is 46.5 Å². The number of halogens is 1. The van der Waals surface area contributed by atoms with E-state index < -0.39 is 12.1 Å². The van der Waals surface area contributed by atoms with Crippen molar-refractivity contribution in [3.63, 3.8) is 0 Å². The maximum absolute atomic E-state index is 10.8. The molecule has 1 N–H and O–H groups in total. The van der Waals surface area contributed by atoms with Crippen LogP contribution in [0.25, 0.3) is 0 Å². The van der Waals surface area contributed by atoms with Gasteiger partial charge in [0.25, 0.3) is 0 Å². The van der Waals surface area contributed by atoms with Gasteiger partial charge < -0.3 is 9.84 Å². The minimum atomic E-state index is -0.907. The molecule has 0 saturated carbocycles. The fourth-order valence-corrected chi connectivity index (χ4v) is 1.61. The molecule has 1 aromatic carbocycles. The molecule has 0 radical (unpaired) electrons. The summed E-state index contributed by atoms with van der Waals surface area (Å²) >= 11 is 2.21. The molecule has 1 rings (SSSR count). The Balaban J connectivity index is 2.65. The fourth-order valence-electron chi connectivity index (χ4n) is 1.25. The largest absolute Gasteiger partial charge is 0.479 e. The summed E-state index contributed by atoms with van der Waals surface area (Å²) in [7, 11) is 0. The SMILES string of the molecule is CCOC(Cc1ccc(I)cc1)C(=O)O. The molecule has 0 heterocycles. The van der Waals surface area contributed by atoms with Crippen molar-refractivity contribution in [1.29, 1.82) is 0 Å². The first-order valence-corrected chi connectivity index (χ1v) is 5.80. The van der Waals surface area contributed by atoms with Gasteiger partial charge in [-0.3, -0.25) is 0 Å². The monoisotopic (exact) mass is 320 g/mol. The molecule has 1 atom stereocenters. The highest BCUT2D eigenvalue weighted by molar-refractivity contribution is 14.1. The van der Waals surface area contributed by atoms with Gasteiger partial charge in [-0.2, -0.15) is 0 Å². The summed E-state index contributed by atoms with van der Waals surface area (Å²) in [4.78, 5) is 10.8. The van der Waals surface area contributed by atoms with E-state index in [1.165, 1.54) is 0 Å². The highest BCUT2D eigenvalue weighted by Gasteiger charge is 2.17. The van der Waals surface area contributed by atoms with E-state index in [9.17, 15) is 4.79 Å². The zero-order chi connectivity index (χ0) is 11.3. The lowest BCUT2D eigenvalue weighted by atomic mass is 10.1. The molecule has 82 valence electrons. The van der Waals surface area contributed by atoms with Crippen LogP contribution < -0.4 is 0 Å². The predicted octanol–water partition coefficient (Wildman–Crippen LogP) is 2.32. The summed E-state index contributed by atoms with van der Waals surface area (Å²) in [5.74, 6) is -0.907. The Morgan fingerprint density at radius 2 is 2.07 bits per heavy atom. The lowest BCUT2D eigenvalue weighted by molar-refractivity contribution is -0.149. The normalized spacial score (nSPS) is 12.4. The minimum Gasteiger partial charge on any atom is -0.479 e. The van der Waals surface area contributed by atoms with Gasteiger partial charge in [-0.15, -0.1) is 0 Å². The second kappa shape index (κ2) is 6.07. The van der Waals surface area contributed by atoms with Crippen LogP contribution in [0.15, 0.2) is 24.3 Å². The molecule has 1 unspecified atom stereocenters. The minimum absolute atomic E-state index is 0.417. The Labute approximate surface area is 103 Å². The van der Waals surface area contributed by atoms with Gasteiger partial charge in [0, 0.05) is 16.6 Å². The molecule has 0 aromatic heterocycles. The van der Waals surface area contributed by atoms with E-state index in [1.54, 1.807) is 6.92 Å². The van der Waals surface area contributed by atoms with Gasteiger partial charge in [0.05, 0.1) is 0 Å². The lowest BCUT2D eigenvalue weighted by Crippen LogP contribution is -2.26. The van der Waals surface area contributed by atoms with Crippen molar-refractivity contribution < 1.29 is 14.6 Å². The highest BCUT2D eigenvalue weighted by atomic mass is 127. The number of aliphatic carboxylic acids is 1. The van der Waals surface area contributed by atoms with Crippen LogP contribution in [0.5, 0.6) is 0 Å². The summed E-state index contributed by atoms with van der Waals surface area (Å²) in [6.45, 7) is 2.21. The lowest BCUT2D eigenvalue weighted by Gasteiger charge is -2.12. The molecular weight excluding hydrogens is 307 g/mol. The zero-order valence-electron chi connectivity index (χ0n) is 8.44. The molecule has 15 heavy (non-hydrogen) atoms. The van der Waals surface area contributed by atoms with E-state index in [0.717, 1.165) is 9.13 Å². The van der Waals surface area contributed by atoms with Gasteiger partial charge in [-0.05, 0) is 47.2 Å². The van der Waals surface area contributed by atoms with Gasteiger partial charge in [-0.1, -0.05) is 12.1 Å². The molecule has 1 aromatic rings. The number of benzene rings is 1. The van der Waals surface area contributed by atoms with Crippen LogP contribution in [0.3, 0.4) is 0 Å². The van der Waals surface area contributed by atoms with Gasteiger partial charge in [0.2, 0.25) is 0 Å². The average molecular weight is 320 g/mol. The second-order valence-electron chi connectivity index (χ2n) is 3.11. The third-order valence-electron chi connectivity index (χ3n) is 1.98. The number of carboxylic acid groups (broad SMARTS) is 1. The van der Waals surface area contributed by atoms with Crippen LogP contribution in [0.1, 0.15) is 12.5 Å². The number of carbonyl (C=O) groups is 1. The summed E-state index contributed by atoms with van der Waals surface area (Å²) in [6.07, 6.45) is -0.324. The average Bonchev–Trinajstić information content (AvgIpc) is 2.20. The van der Waals surface area contributed by atoms with Gasteiger partial charge in [0.15, 0.2) is 6.10 Å². The molecule has 0 spiro atoms. The Kier molecular flexibility index (Phi) is 5.04. The Morgan fingerprint density at radius 1 is 1.47 bits per heavy atom. The van der Waals surface area contributed by atoms with Crippen molar-refractivity contribution in [2.45, 2.75) is 19.4 Å². The van der Waals surface area contributed by atoms with E-state index in [0.29, 0.717) is 13.0 Å². The third kappa shape index (κ3) is 4.17. The van der Waals surface area contributed by atoms with Crippen molar-refractivity contribution in [1.82, 2.24) is 0 Å². The number of hydrogen-bond acceptors (Lipinski definition) is 2. The first-order valence-electron chi connectivity index (χ1n) is 4.72. The van der Waals surface area contributed by atoms with Crippen LogP contribution in [-0.4, -0.2) is 23.8 Å². The number of rotatable bonds is 5. The van der Waals surface area contributed by atoms with Crippen LogP contribution >= 0.6 is 22.6 Å². The highest BCUT2D eigenvalue weighted by Crippen LogP contribution is 2.10. The van der Waals surface area contributed by atoms with Gasteiger partial charge in [-0.25, -0.2) is 4.79 Å². The van der Waals surface area contributed by atoms with Gasteiger partial charge in [0.1, 0.15) is 0 Å². The van der Waals surface area contributed by atoms with Gasteiger partial charge >= 0.3 is 5.97 Å². The molecule has 3 nitrogen and oxygen atoms in total. The van der Waals surface area contributed by atoms with E-state index in [2.05, 4.69) is 22.6 Å². The fraction of sp³-hybridized carbons (Fsp3) is 0.364. The Bertz CT molecular complexity index is 321. The third-order valence-corrected chi connectivity index (χ3v) is 2.70. The standard InChI is InChI=1S/C11H13IO3/c1-2-15-10(11(13)14)7-8-3-5-9(12)6-4-8/h3-6,10H,2,7H2,1H3,(H,13,14). The first kappa shape index (κ1) is 12.4. The maximum Gasteiger partial charge on any atom is 0.333 e. The van der Waals surface area contributed by atoms with Crippen LogP contribution in [0, 0.1) is 3.57 Å². The Morgan fingerprint density at radius 3 is 2.53 bits per heavy atom. The van der Waals surface area contributed by atoms with Crippen LogP contribution in [0.4, 0.5) is 0 Å². The molecule has 0 saturated heterocycles. The van der Waals surface area contributed by atoms with E-state index in [-0.39, 0.29) is 0 Å². The van der Waals surface area contributed by atoms with Crippen molar-refractivity contribution >= 4 is 28.6 Å². The molecule has 0 aliphatic heterocycles. The molecule has 0 amide bonds. The molecule has 0 bridgehead atoms. The number of ether oxygens (including phenoxy) is 1. The molecular formula is C11H13IO3. The summed E-state index contributed by atoms with van der Waals surface area (Å²) in [6, 6.07) is 7.77. The Hall–Kier alpha value is -0.620. The summed E-state index contributed by atoms with van der Waals surface area (Å²) < 4.78 is 6.27. The smallest absolute Gasteiger partial charge is 0.333 e. The first-order chi connectivity index (χ1) is 7.13. The number of hydrogen-bond donors (Lipinski definition) is 1. The van der Waals surface area contributed by atoms with E-state index >= 15 is 0 Å². The maximum atomic E-state index is 10.8. The van der Waals surface area contributed by atoms with E-state index in [4.69, 9.17) is 9.84 Å². The van der Waals surface area contributed by atoms with Crippen LogP contribution in [0.2, 0.25) is 0 Å². The molecule has 0 fully saturated rings. The zero-order valence-corrected chi connectivity index (χ0v) is 10.6. The molecule has 4 heteroatoms. The molecule has 0 aliphatic carbocycles. The quantitative estimate of drug-likeness (QED) is 0.847. The van der Waals surface area contributed by atoms with E-state index in [1.807, 2.05) is 24.3 Å². The van der Waals surface area contributed by atoms with Crippen molar-refractivity contribution in [2.75, 3.05) is 6.61 Å². The predicted molar refractivity (Wildman–Crippen MR) is 65.9 cm³/mol. The summed E-state index contributed by atoms with van der Waals surface area (Å²) in [5.41, 5.74) is 0.983. The summed E-state index contributed by atoms with van der Waals surface area (Å²) in [5, 5.41) is 8.89. The number of carboxylic acids is 1.